The van der Waals surface area contributed by atoms with Crippen LogP contribution in [-0.4, -0.2) is 71.4 Å². The van der Waals surface area contributed by atoms with Gasteiger partial charge in [0, 0.05) is 44.2 Å². The second-order valence-electron chi connectivity index (χ2n) is 9.44. The van der Waals surface area contributed by atoms with E-state index in [2.05, 4.69) is 20.9 Å². The Kier molecular flexibility index (Phi) is 6.64. The van der Waals surface area contributed by atoms with Gasteiger partial charge in [-0.3, -0.25) is 14.5 Å². The molecule has 0 unspecified atom stereocenters. The molecule has 9 heteroatoms. The van der Waals surface area contributed by atoms with Gasteiger partial charge in [0.05, 0.1) is 6.04 Å². The molecule has 0 radical (unpaired) electrons. The van der Waals surface area contributed by atoms with Crippen molar-refractivity contribution in [2.24, 2.45) is 5.92 Å². The number of amides is 4. The van der Waals surface area contributed by atoms with Crippen molar-refractivity contribution in [2.75, 3.05) is 19.6 Å². The highest BCUT2D eigenvalue weighted by Crippen LogP contribution is 2.30. The van der Waals surface area contributed by atoms with Crippen LogP contribution in [0.1, 0.15) is 38.7 Å². The monoisotopic (exact) mass is 445 g/mol. The zero-order chi connectivity index (χ0) is 22.8. The number of rotatable bonds is 7. The third-order valence-electron chi connectivity index (χ3n) is 6.34. The van der Waals surface area contributed by atoms with Gasteiger partial charge < -0.3 is 20.9 Å². The van der Waals surface area contributed by atoms with Crippen LogP contribution in [0.2, 0.25) is 0 Å². The number of nitrogens with zero attached hydrogens (tertiary/aromatic N) is 2. The highest BCUT2D eigenvalue weighted by atomic mass is 19.1. The van der Waals surface area contributed by atoms with Gasteiger partial charge in [0.15, 0.2) is 0 Å². The van der Waals surface area contributed by atoms with Crippen LogP contribution < -0.4 is 16.0 Å². The van der Waals surface area contributed by atoms with E-state index in [9.17, 15) is 18.8 Å². The van der Waals surface area contributed by atoms with Gasteiger partial charge in [-0.15, -0.1) is 0 Å². The molecule has 2 heterocycles. The minimum Gasteiger partial charge on any atom is -0.354 e. The molecule has 3 atom stereocenters. The van der Waals surface area contributed by atoms with Crippen molar-refractivity contribution in [1.82, 2.24) is 25.8 Å². The van der Waals surface area contributed by atoms with Gasteiger partial charge in [0.2, 0.25) is 11.8 Å². The zero-order valence-electron chi connectivity index (χ0n) is 18.6. The smallest absolute Gasteiger partial charge is 0.315 e. The van der Waals surface area contributed by atoms with Gasteiger partial charge in [0.1, 0.15) is 11.9 Å². The minimum absolute atomic E-state index is 0.00739. The van der Waals surface area contributed by atoms with E-state index in [0.29, 0.717) is 26.1 Å². The molecule has 0 aromatic heterocycles. The molecule has 1 aromatic rings. The minimum atomic E-state index is -0.484. The van der Waals surface area contributed by atoms with Gasteiger partial charge in [-0.05, 0) is 50.8 Å². The van der Waals surface area contributed by atoms with Gasteiger partial charge in [-0.25, -0.2) is 9.18 Å². The van der Waals surface area contributed by atoms with Crippen LogP contribution in [0.4, 0.5) is 9.18 Å². The van der Waals surface area contributed by atoms with Gasteiger partial charge in [-0.1, -0.05) is 12.1 Å². The van der Waals surface area contributed by atoms with E-state index < -0.39 is 6.04 Å². The lowest BCUT2D eigenvalue weighted by Gasteiger charge is -2.42. The molecule has 8 nitrogen and oxygen atoms in total. The molecule has 0 spiro atoms. The zero-order valence-corrected chi connectivity index (χ0v) is 18.6. The normalized spacial score (nSPS) is 25.6. The molecule has 32 heavy (non-hydrogen) atoms. The fourth-order valence-corrected chi connectivity index (χ4v) is 4.60. The van der Waals surface area contributed by atoms with Crippen LogP contribution in [0, 0.1) is 11.7 Å². The predicted octanol–water partition coefficient (Wildman–Crippen LogP) is 1.21. The first-order valence-electron chi connectivity index (χ1n) is 11.4. The maximum absolute atomic E-state index is 13.4. The van der Waals surface area contributed by atoms with Crippen LogP contribution in [0.25, 0.3) is 0 Å². The van der Waals surface area contributed by atoms with Crippen LogP contribution >= 0.6 is 0 Å². The summed E-state index contributed by atoms with van der Waals surface area (Å²) in [6.07, 6.45) is 2.49. The molecule has 4 amide bonds. The molecule has 3 N–H and O–H groups in total. The van der Waals surface area contributed by atoms with E-state index in [1.165, 1.54) is 12.1 Å². The van der Waals surface area contributed by atoms with Gasteiger partial charge in [-0.2, -0.15) is 0 Å². The number of fused-ring (bicyclic) bond motifs is 1. The topological polar surface area (TPSA) is 93.8 Å². The van der Waals surface area contributed by atoms with Crippen LogP contribution in [-0.2, 0) is 16.1 Å². The number of nitrogens with one attached hydrogen (secondary N) is 3. The highest BCUT2D eigenvalue weighted by Gasteiger charge is 2.46. The number of piperazine rings is 1. The first-order valence-corrected chi connectivity index (χ1v) is 11.4. The number of carbonyl (C=O) groups excluding carboxylic acids is 3. The standard InChI is InChI=1S/C23H32FN5O3/c1-14(2)26-23(32)27-18-9-19-13-28(11-15-3-7-17(24)8-4-15)20(22(31)29(19)12-18)10-25-21(30)16-5-6-16/h3-4,7-8,14,16,18-20H,5-6,9-13H2,1-2H3,(H,25,30)(H2,26,27,32)/t18-,19-,20-/m0/s1. The average Bonchev–Trinajstić information content (AvgIpc) is 3.50. The Morgan fingerprint density at radius 3 is 2.53 bits per heavy atom. The lowest BCUT2D eigenvalue weighted by Crippen LogP contribution is -2.62. The number of hydrogen-bond donors (Lipinski definition) is 3. The lowest BCUT2D eigenvalue weighted by molar-refractivity contribution is -0.144. The molecular formula is C23H32FN5O3. The van der Waals surface area contributed by atoms with Crippen molar-refractivity contribution in [1.29, 1.82) is 0 Å². The molecule has 2 aliphatic heterocycles. The van der Waals surface area contributed by atoms with E-state index >= 15 is 0 Å². The second kappa shape index (κ2) is 9.44. The third kappa shape index (κ3) is 5.38. The summed E-state index contributed by atoms with van der Waals surface area (Å²) in [5.41, 5.74) is 0.912. The Hall–Kier alpha value is -2.68. The van der Waals surface area contributed by atoms with Gasteiger partial charge in [0.25, 0.3) is 0 Å². The summed E-state index contributed by atoms with van der Waals surface area (Å²) in [6, 6.07) is 5.48. The predicted molar refractivity (Wildman–Crippen MR) is 117 cm³/mol. The average molecular weight is 446 g/mol. The number of benzene rings is 1. The summed E-state index contributed by atoms with van der Waals surface area (Å²) >= 11 is 0. The summed E-state index contributed by atoms with van der Waals surface area (Å²) < 4.78 is 13.3. The SMILES string of the molecule is CC(C)NC(=O)N[C@H]1C[C@H]2CN(Cc3ccc(F)cc3)[C@@H](CNC(=O)C3CC3)C(=O)N2C1. The maximum atomic E-state index is 13.4. The summed E-state index contributed by atoms with van der Waals surface area (Å²) in [7, 11) is 0. The Morgan fingerprint density at radius 2 is 1.88 bits per heavy atom. The van der Waals surface area contributed by atoms with Crippen molar-refractivity contribution < 1.29 is 18.8 Å². The Labute approximate surface area is 187 Å². The molecule has 0 bridgehead atoms. The Morgan fingerprint density at radius 1 is 1.16 bits per heavy atom. The largest absolute Gasteiger partial charge is 0.354 e. The molecular weight excluding hydrogens is 413 g/mol. The Balaban J connectivity index is 1.45. The third-order valence-corrected chi connectivity index (χ3v) is 6.34. The van der Waals surface area contributed by atoms with Crippen molar-refractivity contribution in [2.45, 2.75) is 63.8 Å². The molecule has 4 rings (SSSR count). The molecule has 1 aliphatic carbocycles. The molecule has 1 aromatic carbocycles. The molecule has 1 saturated carbocycles. The molecule has 3 aliphatic rings. The first kappa shape index (κ1) is 22.5. The summed E-state index contributed by atoms with van der Waals surface area (Å²) in [5, 5.41) is 8.74. The fourth-order valence-electron chi connectivity index (χ4n) is 4.60. The van der Waals surface area contributed by atoms with Gasteiger partial charge >= 0.3 is 6.03 Å². The number of carbonyl (C=O) groups is 3. The van der Waals surface area contributed by atoms with Crippen molar-refractivity contribution >= 4 is 17.8 Å². The Bertz CT molecular complexity index is 858. The van der Waals surface area contributed by atoms with E-state index in [4.69, 9.17) is 0 Å². The van der Waals surface area contributed by atoms with Crippen LogP contribution in [0.5, 0.6) is 0 Å². The summed E-state index contributed by atoms with van der Waals surface area (Å²) in [6.45, 7) is 5.64. The molecule has 2 saturated heterocycles. The fraction of sp³-hybridized carbons (Fsp3) is 0.609. The summed E-state index contributed by atoms with van der Waals surface area (Å²) in [5.74, 6) is -0.250. The first-order chi connectivity index (χ1) is 15.3. The lowest BCUT2D eigenvalue weighted by atomic mass is 10.0. The molecule has 3 fully saturated rings. The van der Waals surface area contributed by atoms with Crippen molar-refractivity contribution in [3.63, 3.8) is 0 Å². The van der Waals surface area contributed by atoms with Crippen LogP contribution in [0.15, 0.2) is 24.3 Å². The summed E-state index contributed by atoms with van der Waals surface area (Å²) in [4.78, 5) is 41.6. The van der Waals surface area contributed by atoms with Crippen LogP contribution in [0.3, 0.4) is 0 Å². The number of halogens is 1. The highest BCUT2D eigenvalue weighted by molar-refractivity contribution is 5.86. The van der Waals surface area contributed by atoms with Crippen molar-refractivity contribution in [3.05, 3.63) is 35.6 Å². The van der Waals surface area contributed by atoms with E-state index in [1.54, 1.807) is 12.1 Å². The maximum Gasteiger partial charge on any atom is 0.315 e. The number of hydrogen-bond acceptors (Lipinski definition) is 4. The van der Waals surface area contributed by atoms with Crippen molar-refractivity contribution in [3.8, 4) is 0 Å². The quantitative estimate of drug-likeness (QED) is 0.588. The van der Waals surface area contributed by atoms with E-state index in [0.717, 1.165) is 18.4 Å². The van der Waals surface area contributed by atoms with E-state index in [1.807, 2.05) is 18.7 Å². The van der Waals surface area contributed by atoms with E-state index in [-0.39, 0.29) is 54.3 Å². The molecule has 174 valence electrons. The number of urea groups is 1. The second-order valence-corrected chi connectivity index (χ2v) is 9.44.